The molecule has 5 nitrogen and oxygen atoms in total. The van der Waals surface area contributed by atoms with Gasteiger partial charge < -0.3 is 10.4 Å². The standard InChI is InChI=1S/C20H32N2O3/c1-13-10-17(20(5,6)7)11-14(2)18(13)12-22(15(3)19(24)25)9-8-21-16(4)23/h10-11,15H,8-9,12H2,1-7H3,(H,21,23)(H,24,25). The maximum Gasteiger partial charge on any atom is 0.320 e. The largest absolute Gasteiger partial charge is 0.480 e. The van der Waals surface area contributed by atoms with Gasteiger partial charge in [0.1, 0.15) is 6.04 Å². The average Bonchev–Trinajstić information content (AvgIpc) is 2.46. The summed E-state index contributed by atoms with van der Waals surface area (Å²) in [5.41, 5.74) is 4.86. The monoisotopic (exact) mass is 348 g/mol. The summed E-state index contributed by atoms with van der Waals surface area (Å²) in [5, 5.41) is 12.1. The van der Waals surface area contributed by atoms with Gasteiger partial charge in [0.2, 0.25) is 5.91 Å². The fraction of sp³-hybridized carbons (Fsp3) is 0.600. The van der Waals surface area contributed by atoms with Gasteiger partial charge >= 0.3 is 5.97 Å². The second kappa shape index (κ2) is 8.48. The van der Waals surface area contributed by atoms with Gasteiger partial charge in [-0.05, 0) is 48.4 Å². The van der Waals surface area contributed by atoms with E-state index in [1.165, 1.54) is 23.6 Å². The molecule has 1 aromatic rings. The van der Waals surface area contributed by atoms with Crippen LogP contribution in [0.25, 0.3) is 0 Å². The van der Waals surface area contributed by atoms with E-state index in [-0.39, 0.29) is 11.3 Å². The molecular formula is C20H32N2O3. The van der Waals surface area contributed by atoms with Crippen molar-refractivity contribution in [1.82, 2.24) is 10.2 Å². The van der Waals surface area contributed by atoms with Crippen LogP contribution in [-0.2, 0) is 21.5 Å². The van der Waals surface area contributed by atoms with Crippen molar-refractivity contribution in [3.63, 3.8) is 0 Å². The fourth-order valence-corrected chi connectivity index (χ4v) is 2.82. The molecular weight excluding hydrogens is 316 g/mol. The molecule has 0 saturated heterocycles. The number of nitrogens with one attached hydrogen (secondary N) is 1. The molecule has 1 unspecified atom stereocenters. The molecule has 0 aliphatic heterocycles. The third kappa shape index (κ3) is 6.16. The van der Waals surface area contributed by atoms with Crippen LogP contribution >= 0.6 is 0 Å². The lowest BCUT2D eigenvalue weighted by Crippen LogP contribution is -2.43. The number of benzene rings is 1. The lowest BCUT2D eigenvalue weighted by atomic mass is 9.83. The van der Waals surface area contributed by atoms with Crippen LogP contribution < -0.4 is 5.32 Å². The predicted octanol–water partition coefficient (Wildman–Crippen LogP) is 3.01. The van der Waals surface area contributed by atoms with Crippen molar-refractivity contribution < 1.29 is 14.7 Å². The maximum absolute atomic E-state index is 11.5. The molecule has 0 saturated carbocycles. The van der Waals surface area contributed by atoms with E-state index in [1.54, 1.807) is 6.92 Å². The van der Waals surface area contributed by atoms with Gasteiger partial charge in [-0.25, -0.2) is 0 Å². The van der Waals surface area contributed by atoms with Gasteiger partial charge in [0, 0.05) is 26.6 Å². The van der Waals surface area contributed by atoms with Gasteiger partial charge in [0.15, 0.2) is 0 Å². The number of amides is 1. The average molecular weight is 348 g/mol. The minimum absolute atomic E-state index is 0.0769. The zero-order chi connectivity index (χ0) is 19.4. The van der Waals surface area contributed by atoms with E-state index in [9.17, 15) is 14.7 Å². The van der Waals surface area contributed by atoms with Crippen molar-refractivity contribution in [3.05, 3.63) is 34.4 Å². The zero-order valence-corrected chi connectivity index (χ0v) is 16.6. The highest BCUT2D eigenvalue weighted by Crippen LogP contribution is 2.27. The highest BCUT2D eigenvalue weighted by Gasteiger charge is 2.23. The van der Waals surface area contributed by atoms with Gasteiger partial charge in [0.05, 0.1) is 0 Å². The Bertz CT molecular complexity index is 609. The Hall–Kier alpha value is -1.88. The minimum atomic E-state index is -0.857. The van der Waals surface area contributed by atoms with Crippen molar-refractivity contribution in [2.75, 3.05) is 13.1 Å². The van der Waals surface area contributed by atoms with Crippen molar-refractivity contribution in [2.24, 2.45) is 0 Å². The molecule has 0 fully saturated rings. The topological polar surface area (TPSA) is 69.6 Å². The summed E-state index contributed by atoms with van der Waals surface area (Å²) in [4.78, 5) is 24.4. The Morgan fingerprint density at radius 3 is 2.12 bits per heavy atom. The lowest BCUT2D eigenvalue weighted by molar-refractivity contribution is -0.142. The molecule has 0 spiro atoms. The van der Waals surface area contributed by atoms with E-state index < -0.39 is 12.0 Å². The molecule has 0 aromatic heterocycles. The Morgan fingerprint density at radius 1 is 1.20 bits per heavy atom. The van der Waals surface area contributed by atoms with Gasteiger partial charge in [0.25, 0.3) is 0 Å². The number of hydrogen-bond acceptors (Lipinski definition) is 3. The molecule has 0 radical (unpaired) electrons. The summed E-state index contributed by atoms with van der Waals surface area (Å²) in [6.45, 7) is 15.3. The van der Waals surface area contributed by atoms with Crippen LogP contribution in [0.1, 0.15) is 56.9 Å². The quantitative estimate of drug-likeness (QED) is 0.795. The highest BCUT2D eigenvalue weighted by atomic mass is 16.4. The number of carboxylic acids is 1. The first-order valence-electron chi connectivity index (χ1n) is 8.75. The number of rotatable bonds is 7. The Labute approximate surface area is 151 Å². The number of carboxylic acid groups (broad SMARTS) is 1. The van der Waals surface area contributed by atoms with Gasteiger partial charge in [-0.1, -0.05) is 32.9 Å². The van der Waals surface area contributed by atoms with Crippen LogP contribution in [0.3, 0.4) is 0 Å². The van der Waals surface area contributed by atoms with Gasteiger partial charge in [-0.3, -0.25) is 14.5 Å². The Balaban J connectivity index is 3.06. The van der Waals surface area contributed by atoms with Gasteiger partial charge in [-0.2, -0.15) is 0 Å². The van der Waals surface area contributed by atoms with Crippen molar-refractivity contribution in [3.8, 4) is 0 Å². The van der Waals surface area contributed by atoms with E-state index in [2.05, 4.69) is 52.1 Å². The molecule has 0 bridgehead atoms. The third-order valence-corrected chi connectivity index (χ3v) is 4.60. The number of carbonyl (C=O) groups is 2. The number of aryl methyl sites for hydroxylation is 2. The number of aliphatic carboxylic acids is 1. The molecule has 0 heterocycles. The van der Waals surface area contributed by atoms with E-state index >= 15 is 0 Å². The second-order valence-electron chi connectivity index (χ2n) is 7.81. The fourth-order valence-electron chi connectivity index (χ4n) is 2.82. The summed E-state index contributed by atoms with van der Waals surface area (Å²) in [6.07, 6.45) is 0. The zero-order valence-electron chi connectivity index (χ0n) is 16.6. The van der Waals surface area contributed by atoms with Crippen LogP contribution in [0.5, 0.6) is 0 Å². The van der Waals surface area contributed by atoms with E-state index in [4.69, 9.17) is 0 Å². The van der Waals surface area contributed by atoms with Crippen LogP contribution in [0.15, 0.2) is 12.1 Å². The summed E-state index contributed by atoms with van der Waals surface area (Å²) >= 11 is 0. The number of nitrogens with zero attached hydrogens (tertiary/aromatic N) is 1. The molecule has 25 heavy (non-hydrogen) atoms. The maximum atomic E-state index is 11.5. The molecule has 0 aliphatic rings. The molecule has 1 aromatic carbocycles. The highest BCUT2D eigenvalue weighted by molar-refractivity contribution is 5.73. The number of hydrogen-bond donors (Lipinski definition) is 2. The Kier molecular flexibility index (Phi) is 7.17. The predicted molar refractivity (Wildman–Crippen MR) is 101 cm³/mol. The normalized spacial score (nSPS) is 13.0. The van der Waals surface area contributed by atoms with Crippen LogP contribution in [0.2, 0.25) is 0 Å². The van der Waals surface area contributed by atoms with Crippen molar-refractivity contribution in [2.45, 2.75) is 66.5 Å². The van der Waals surface area contributed by atoms with Crippen LogP contribution in [-0.4, -0.2) is 41.0 Å². The molecule has 140 valence electrons. The molecule has 2 N–H and O–H groups in total. The molecule has 5 heteroatoms. The summed E-state index contributed by atoms with van der Waals surface area (Å²) in [6, 6.07) is 3.77. The molecule has 1 atom stereocenters. The van der Waals surface area contributed by atoms with E-state index in [1.807, 2.05) is 4.90 Å². The van der Waals surface area contributed by atoms with Crippen LogP contribution in [0.4, 0.5) is 0 Å². The minimum Gasteiger partial charge on any atom is -0.480 e. The summed E-state index contributed by atoms with van der Waals surface area (Å²) < 4.78 is 0. The first-order valence-corrected chi connectivity index (χ1v) is 8.75. The van der Waals surface area contributed by atoms with Crippen molar-refractivity contribution in [1.29, 1.82) is 0 Å². The lowest BCUT2D eigenvalue weighted by Gasteiger charge is -2.29. The smallest absolute Gasteiger partial charge is 0.320 e. The second-order valence-corrected chi connectivity index (χ2v) is 7.81. The SMILES string of the molecule is CC(=O)NCCN(Cc1c(C)cc(C(C)(C)C)cc1C)C(C)C(=O)O. The summed E-state index contributed by atoms with van der Waals surface area (Å²) in [7, 11) is 0. The number of carbonyl (C=O) groups excluding carboxylic acids is 1. The van der Waals surface area contributed by atoms with Crippen LogP contribution in [0, 0.1) is 13.8 Å². The first kappa shape index (κ1) is 21.2. The third-order valence-electron chi connectivity index (χ3n) is 4.60. The Morgan fingerprint density at radius 2 is 1.72 bits per heavy atom. The summed E-state index contributed by atoms with van der Waals surface area (Å²) in [5.74, 6) is -0.964. The molecule has 1 rings (SSSR count). The van der Waals surface area contributed by atoms with E-state index in [0.29, 0.717) is 19.6 Å². The van der Waals surface area contributed by atoms with Crippen molar-refractivity contribution >= 4 is 11.9 Å². The van der Waals surface area contributed by atoms with Gasteiger partial charge in [-0.15, -0.1) is 0 Å². The molecule has 0 aliphatic carbocycles. The molecule has 1 amide bonds. The van der Waals surface area contributed by atoms with E-state index in [0.717, 1.165) is 5.56 Å². The first-order chi connectivity index (χ1) is 11.4.